The van der Waals surface area contributed by atoms with E-state index in [-0.39, 0.29) is 41.5 Å². The van der Waals surface area contributed by atoms with E-state index in [1.165, 1.54) is 7.05 Å². The number of hydrogen-bond acceptors (Lipinski definition) is 7. The molecule has 0 unspecified atom stereocenters. The second-order valence-corrected chi connectivity index (χ2v) is 7.85. The summed E-state index contributed by atoms with van der Waals surface area (Å²) >= 11 is 0. The fraction of sp³-hybridized carbons (Fsp3) is 0.200. The fourth-order valence-electron chi connectivity index (χ4n) is 3.76. The van der Waals surface area contributed by atoms with Crippen molar-refractivity contribution >= 4 is 34.5 Å². The van der Waals surface area contributed by atoms with Crippen LogP contribution in [0.2, 0.25) is 0 Å². The molecule has 0 aromatic carbocycles. The predicted octanol–water partition coefficient (Wildman–Crippen LogP) is 1.93. The van der Waals surface area contributed by atoms with Crippen molar-refractivity contribution in [3.8, 4) is 11.4 Å². The summed E-state index contributed by atoms with van der Waals surface area (Å²) in [5, 5.41) is 5.64. The van der Waals surface area contributed by atoms with E-state index in [1.54, 1.807) is 59.4 Å². The molecule has 35 heavy (non-hydrogen) atoms. The van der Waals surface area contributed by atoms with Gasteiger partial charge in [0.05, 0.1) is 29.6 Å². The van der Waals surface area contributed by atoms with Crippen LogP contribution in [0, 0.1) is 0 Å². The molecule has 0 fully saturated rings. The number of hydrogen-bond donors (Lipinski definition) is 3. The van der Waals surface area contributed by atoms with Crippen molar-refractivity contribution in [3.63, 3.8) is 0 Å². The molecule has 4 N–H and O–H groups in total. The zero-order valence-electron chi connectivity index (χ0n) is 19.4. The molecule has 4 aromatic heterocycles. The van der Waals surface area contributed by atoms with Gasteiger partial charge < -0.3 is 20.9 Å². The third-order valence-electron chi connectivity index (χ3n) is 5.57. The number of carbonyl (C=O) groups excluding carboxylic acids is 2. The number of likely N-dealkylation sites (N-methyl/N-ethyl adjacent to an activating group) is 1. The Bertz CT molecular complexity index is 1450. The quantitative estimate of drug-likeness (QED) is 0.373. The Morgan fingerprint density at radius 1 is 1.00 bits per heavy atom. The summed E-state index contributed by atoms with van der Waals surface area (Å²) in [6, 6.07) is 12.2. The van der Waals surface area contributed by atoms with E-state index in [9.17, 15) is 14.4 Å². The van der Waals surface area contributed by atoms with Gasteiger partial charge in [0.25, 0.3) is 0 Å². The lowest BCUT2D eigenvalue weighted by Gasteiger charge is -2.16. The van der Waals surface area contributed by atoms with Gasteiger partial charge in [-0.15, -0.1) is 0 Å². The van der Waals surface area contributed by atoms with E-state index in [4.69, 9.17) is 5.73 Å². The first kappa shape index (κ1) is 23.6. The van der Waals surface area contributed by atoms with Crippen molar-refractivity contribution in [3.05, 3.63) is 76.2 Å². The minimum Gasteiger partial charge on any atom is -0.385 e. The van der Waals surface area contributed by atoms with Crippen molar-refractivity contribution in [1.82, 2.24) is 24.8 Å². The number of fused-ring (bicyclic) bond motifs is 1. The van der Waals surface area contributed by atoms with Crippen LogP contribution in [-0.4, -0.2) is 38.4 Å². The molecule has 0 aliphatic rings. The number of anilines is 2. The highest BCUT2D eigenvalue weighted by molar-refractivity contribution is 5.91. The van der Waals surface area contributed by atoms with Crippen LogP contribution in [0.15, 0.2) is 59.7 Å². The molecule has 0 spiro atoms. The predicted molar refractivity (Wildman–Crippen MR) is 134 cm³/mol. The minimum atomic E-state index is -0.313. The van der Waals surface area contributed by atoms with Crippen molar-refractivity contribution < 1.29 is 9.59 Å². The Morgan fingerprint density at radius 2 is 1.80 bits per heavy atom. The summed E-state index contributed by atoms with van der Waals surface area (Å²) in [5.74, 6) is 0.220. The Kier molecular flexibility index (Phi) is 6.81. The van der Waals surface area contributed by atoms with E-state index < -0.39 is 0 Å². The van der Waals surface area contributed by atoms with Gasteiger partial charge in [-0.05, 0) is 42.8 Å². The second kappa shape index (κ2) is 10.1. The number of nitrogens with one attached hydrogen (secondary N) is 2. The lowest BCUT2D eigenvalue weighted by Crippen LogP contribution is -2.27. The molecule has 178 valence electrons. The highest BCUT2D eigenvalue weighted by Crippen LogP contribution is 2.22. The van der Waals surface area contributed by atoms with E-state index >= 15 is 0 Å². The number of aromatic nitrogens is 4. The first-order chi connectivity index (χ1) is 16.9. The third-order valence-corrected chi connectivity index (χ3v) is 5.57. The minimum absolute atomic E-state index is 0.101. The molecular weight excluding hydrogens is 446 g/mol. The summed E-state index contributed by atoms with van der Waals surface area (Å²) < 4.78 is 1.72. The number of nitrogens with two attached hydrogens (primary N) is 1. The van der Waals surface area contributed by atoms with Crippen LogP contribution in [-0.2, 0) is 29.0 Å². The molecule has 10 heteroatoms. The average Bonchev–Trinajstić information content (AvgIpc) is 2.87. The van der Waals surface area contributed by atoms with Crippen molar-refractivity contribution in [2.75, 3.05) is 18.1 Å². The van der Waals surface area contributed by atoms with Gasteiger partial charge in [-0.3, -0.25) is 19.4 Å². The van der Waals surface area contributed by atoms with E-state index in [0.717, 1.165) is 5.56 Å². The van der Waals surface area contributed by atoms with Crippen molar-refractivity contribution in [1.29, 1.82) is 0 Å². The van der Waals surface area contributed by atoms with Gasteiger partial charge in [0.15, 0.2) is 5.43 Å². The van der Waals surface area contributed by atoms with Gasteiger partial charge >= 0.3 is 0 Å². The summed E-state index contributed by atoms with van der Waals surface area (Å²) in [6.45, 7) is 2.36. The molecule has 4 aromatic rings. The smallest absolute Gasteiger partial charge is 0.230 e. The Labute approximate surface area is 201 Å². The maximum Gasteiger partial charge on any atom is 0.230 e. The Morgan fingerprint density at radius 3 is 2.46 bits per heavy atom. The van der Waals surface area contributed by atoms with Crippen LogP contribution >= 0.6 is 0 Å². The van der Waals surface area contributed by atoms with Gasteiger partial charge in [-0.25, -0.2) is 9.97 Å². The molecule has 0 radical (unpaired) electrons. The summed E-state index contributed by atoms with van der Waals surface area (Å²) in [7, 11) is 1.51. The number of nitrogens with zero attached hydrogens (tertiary/aromatic N) is 4. The van der Waals surface area contributed by atoms with Crippen LogP contribution in [0.3, 0.4) is 0 Å². The molecule has 4 heterocycles. The molecular formula is C25H25N7O3. The summed E-state index contributed by atoms with van der Waals surface area (Å²) in [6.07, 6.45) is 3.27. The maximum absolute atomic E-state index is 13.0. The Hall–Kier alpha value is -4.60. The molecule has 0 saturated heterocycles. The number of pyridine rings is 4. The lowest BCUT2D eigenvalue weighted by atomic mass is 10.1. The number of nitrogen functional groups attached to an aromatic ring is 1. The summed E-state index contributed by atoms with van der Waals surface area (Å²) in [4.78, 5) is 50.4. The molecule has 0 aliphatic carbocycles. The SMILES string of the molecule is CCn1c(N)c(CC(=O)NC)c(=O)c2ccc(-c3ccc(CC(=O)Nc4ccccn4)cn3)nc21. The van der Waals surface area contributed by atoms with Gasteiger partial charge in [0.1, 0.15) is 17.3 Å². The molecule has 10 nitrogen and oxygen atoms in total. The number of amides is 2. The van der Waals surface area contributed by atoms with Crippen LogP contribution in [0.25, 0.3) is 22.4 Å². The lowest BCUT2D eigenvalue weighted by molar-refractivity contribution is -0.120. The van der Waals surface area contributed by atoms with Crippen LogP contribution in [0.5, 0.6) is 0 Å². The third kappa shape index (κ3) is 5.01. The topological polar surface area (TPSA) is 145 Å². The highest BCUT2D eigenvalue weighted by atomic mass is 16.2. The zero-order chi connectivity index (χ0) is 24.9. The van der Waals surface area contributed by atoms with Gasteiger partial charge in [0.2, 0.25) is 11.8 Å². The van der Waals surface area contributed by atoms with Crippen molar-refractivity contribution in [2.24, 2.45) is 0 Å². The first-order valence-electron chi connectivity index (χ1n) is 11.1. The molecule has 0 saturated carbocycles. The van der Waals surface area contributed by atoms with E-state index in [0.29, 0.717) is 34.8 Å². The monoisotopic (exact) mass is 471 g/mol. The van der Waals surface area contributed by atoms with Gasteiger partial charge in [0, 0.05) is 31.5 Å². The Balaban J connectivity index is 1.61. The maximum atomic E-state index is 13.0. The van der Waals surface area contributed by atoms with E-state index in [2.05, 4.69) is 25.6 Å². The highest BCUT2D eigenvalue weighted by Gasteiger charge is 2.18. The summed E-state index contributed by atoms with van der Waals surface area (Å²) in [5.41, 5.74) is 8.50. The molecule has 2 amide bonds. The van der Waals surface area contributed by atoms with Gasteiger partial charge in [-0.2, -0.15) is 0 Å². The number of carbonyl (C=O) groups is 2. The standard InChI is InChI=1S/C25H25N7O3/c1-3-32-24(26)17(13-21(33)27-2)23(35)16-8-10-19(30-25(16)32)18-9-7-15(14-29-18)12-22(34)31-20-6-4-5-11-28-20/h4-11,14H,3,12-13,26H2,1-2H3,(H,27,33)(H,28,31,34). The normalized spacial score (nSPS) is 10.8. The van der Waals surface area contributed by atoms with Crippen LogP contribution in [0.4, 0.5) is 11.6 Å². The number of aryl methyl sites for hydroxylation is 1. The van der Waals surface area contributed by atoms with Crippen molar-refractivity contribution in [2.45, 2.75) is 26.3 Å². The first-order valence-corrected chi connectivity index (χ1v) is 11.1. The van der Waals surface area contributed by atoms with Crippen LogP contribution < -0.4 is 21.8 Å². The molecule has 0 bridgehead atoms. The fourth-order valence-corrected chi connectivity index (χ4v) is 3.76. The largest absolute Gasteiger partial charge is 0.385 e. The molecule has 0 aliphatic heterocycles. The second-order valence-electron chi connectivity index (χ2n) is 7.85. The van der Waals surface area contributed by atoms with E-state index in [1.807, 2.05) is 6.92 Å². The zero-order valence-corrected chi connectivity index (χ0v) is 19.4. The van der Waals surface area contributed by atoms with Crippen LogP contribution in [0.1, 0.15) is 18.1 Å². The molecule has 4 rings (SSSR count). The number of rotatable bonds is 7. The average molecular weight is 472 g/mol. The molecule has 0 atom stereocenters. The van der Waals surface area contributed by atoms with Gasteiger partial charge in [-0.1, -0.05) is 12.1 Å².